The van der Waals surface area contributed by atoms with Gasteiger partial charge in [0.1, 0.15) is 0 Å². The van der Waals surface area contributed by atoms with Crippen LogP contribution in [0.25, 0.3) is 0 Å². The molecule has 13 heavy (non-hydrogen) atoms. The molecule has 0 aromatic heterocycles. The minimum atomic E-state index is -0.560. The van der Waals surface area contributed by atoms with Gasteiger partial charge in [-0.2, -0.15) is 0 Å². The number of esters is 1. The van der Waals surface area contributed by atoms with Crippen molar-refractivity contribution >= 4 is 5.97 Å². The average molecular weight is 190 g/mol. The Morgan fingerprint density at radius 3 is 2.38 bits per heavy atom. The van der Waals surface area contributed by atoms with Crippen molar-refractivity contribution in [3.05, 3.63) is 12.7 Å². The van der Waals surface area contributed by atoms with Gasteiger partial charge in [-0.3, -0.25) is 0 Å². The van der Waals surface area contributed by atoms with Crippen molar-refractivity contribution in [3.63, 3.8) is 0 Å². The SMILES string of the molecule is C=CC(=O)OCCC.CC(O)CO. The average Bonchev–Trinajstić information content (AvgIpc) is 2.15. The van der Waals surface area contributed by atoms with Crippen LogP contribution in [0.1, 0.15) is 20.3 Å². The zero-order valence-corrected chi connectivity index (χ0v) is 8.19. The molecule has 0 spiro atoms. The van der Waals surface area contributed by atoms with E-state index in [1.54, 1.807) is 0 Å². The molecule has 1 unspecified atom stereocenters. The standard InChI is InChI=1S/C6H10O2.C3H8O2/c1-3-5-8-6(7)4-2;1-3(5)2-4/h4H,2-3,5H2,1H3;3-5H,2H2,1H3. The summed E-state index contributed by atoms with van der Waals surface area (Å²) in [6.07, 6.45) is 1.46. The van der Waals surface area contributed by atoms with Gasteiger partial charge in [0, 0.05) is 6.08 Å². The number of rotatable bonds is 4. The van der Waals surface area contributed by atoms with Crippen LogP contribution in [-0.4, -0.2) is 35.5 Å². The third kappa shape index (κ3) is 18.2. The van der Waals surface area contributed by atoms with Crippen molar-refractivity contribution in [3.8, 4) is 0 Å². The quantitative estimate of drug-likeness (QED) is 0.500. The minimum absolute atomic E-state index is 0.139. The molecule has 0 rings (SSSR count). The lowest BCUT2D eigenvalue weighted by Crippen LogP contribution is -2.03. The van der Waals surface area contributed by atoms with Crippen LogP contribution in [0.15, 0.2) is 12.7 Å². The third-order valence-corrected chi connectivity index (χ3v) is 0.879. The van der Waals surface area contributed by atoms with Crippen LogP contribution < -0.4 is 0 Å². The summed E-state index contributed by atoms with van der Waals surface area (Å²) in [4.78, 5) is 10.2. The summed E-state index contributed by atoms with van der Waals surface area (Å²) < 4.78 is 4.58. The highest BCUT2D eigenvalue weighted by Gasteiger charge is 1.89. The topological polar surface area (TPSA) is 66.8 Å². The molecule has 0 saturated carbocycles. The molecule has 0 bridgehead atoms. The zero-order valence-electron chi connectivity index (χ0n) is 8.19. The number of carbonyl (C=O) groups is 1. The molecule has 2 N–H and O–H groups in total. The minimum Gasteiger partial charge on any atom is -0.463 e. The lowest BCUT2D eigenvalue weighted by atomic mass is 10.5. The maximum Gasteiger partial charge on any atom is 0.330 e. The molecule has 78 valence electrons. The molecule has 0 fully saturated rings. The number of hydrogen-bond donors (Lipinski definition) is 2. The Balaban J connectivity index is 0. The van der Waals surface area contributed by atoms with Crippen LogP contribution in [0.4, 0.5) is 0 Å². The molecule has 0 aliphatic carbocycles. The molecule has 0 aromatic rings. The van der Waals surface area contributed by atoms with Crippen LogP contribution in [-0.2, 0) is 9.53 Å². The predicted octanol–water partition coefficient (Wildman–Crippen LogP) is 0.485. The number of hydrogen-bond acceptors (Lipinski definition) is 4. The van der Waals surface area contributed by atoms with Crippen molar-refractivity contribution < 1.29 is 19.7 Å². The van der Waals surface area contributed by atoms with Crippen molar-refractivity contribution in [2.45, 2.75) is 26.4 Å². The highest BCUT2D eigenvalue weighted by Crippen LogP contribution is 1.81. The van der Waals surface area contributed by atoms with Crippen molar-refractivity contribution in [2.75, 3.05) is 13.2 Å². The molecule has 4 heteroatoms. The first kappa shape index (κ1) is 14.6. The van der Waals surface area contributed by atoms with Gasteiger partial charge in [-0.1, -0.05) is 13.5 Å². The van der Waals surface area contributed by atoms with Crippen LogP contribution >= 0.6 is 0 Å². The molecule has 0 aliphatic heterocycles. The maximum atomic E-state index is 10.2. The van der Waals surface area contributed by atoms with E-state index in [2.05, 4.69) is 11.3 Å². The number of carbonyl (C=O) groups excluding carboxylic acids is 1. The first-order chi connectivity index (χ1) is 6.08. The van der Waals surface area contributed by atoms with Gasteiger partial charge in [-0.25, -0.2) is 4.79 Å². The van der Waals surface area contributed by atoms with E-state index in [0.29, 0.717) is 6.61 Å². The molecule has 0 aromatic carbocycles. The Labute approximate surface area is 78.8 Å². The molecule has 1 atom stereocenters. The molecule has 0 saturated heterocycles. The fourth-order valence-electron chi connectivity index (χ4n) is 0.262. The van der Waals surface area contributed by atoms with Gasteiger partial charge in [0.05, 0.1) is 19.3 Å². The summed E-state index contributed by atoms with van der Waals surface area (Å²) in [6, 6.07) is 0. The smallest absolute Gasteiger partial charge is 0.330 e. The fourth-order valence-corrected chi connectivity index (χ4v) is 0.262. The molecule has 0 heterocycles. The third-order valence-electron chi connectivity index (χ3n) is 0.879. The Kier molecular flexibility index (Phi) is 12.5. The van der Waals surface area contributed by atoms with Gasteiger partial charge in [-0.15, -0.1) is 0 Å². The van der Waals surface area contributed by atoms with Gasteiger partial charge in [0.25, 0.3) is 0 Å². The van der Waals surface area contributed by atoms with Gasteiger partial charge in [0.15, 0.2) is 0 Å². The van der Waals surface area contributed by atoms with Crippen LogP contribution in [0.3, 0.4) is 0 Å². The Hall–Kier alpha value is -0.870. The van der Waals surface area contributed by atoms with E-state index in [9.17, 15) is 4.79 Å². The monoisotopic (exact) mass is 190 g/mol. The van der Waals surface area contributed by atoms with Gasteiger partial charge < -0.3 is 14.9 Å². The fraction of sp³-hybridized carbons (Fsp3) is 0.667. The Morgan fingerprint density at radius 1 is 1.69 bits per heavy atom. The Bertz CT molecular complexity index is 132. The largest absolute Gasteiger partial charge is 0.463 e. The second kappa shape index (κ2) is 11.1. The highest BCUT2D eigenvalue weighted by molar-refractivity contribution is 5.81. The predicted molar refractivity (Wildman–Crippen MR) is 50.2 cm³/mol. The van der Waals surface area contributed by atoms with Crippen molar-refractivity contribution in [2.24, 2.45) is 0 Å². The second-order valence-electron chi connectivity index (χ2n) is 2.40. The number of aliphatic hydroxyl groups is 2. The maximum absolute atomic E-state index is 10.2. The second-order valence-corrected chi connectivity index (χ2v) is 2.40. The highest BCUT2D eigenvalue weighted by atomic mass is 16.5. The van der Waals surface area contributed by atoms with E-state index in [0.717, 1.165) is 12.5 Å². The lowest BCUT2D eigenvalue weighted by molar-refractivity contribution is -0.137. The number of aliphatic hydroxyl groups excluding tert-OH is 2. The van der Waals surface area contributed by atoms with E-state index in [1.165, 1.54) is 6.92 Å². The molecule has 4 nitrogen and oxygen atoms in total. The van der Waals surface area contributed by atoms with Gasteiger partial charge in [-0.05, 0) is 13.3 Å². The normalized spacial score (nSPS) is 10.8. The molecule has 0 radical (unpaired) electrons. The lowest BCUT2D eigenvalue weighted by Gasteiger charge is -1.94. The summed E-state index contributed by atoms with van der Waals surface area (Å²) in [5.74, 6) is -0.341. The molecule has 0 aliphatic rings. The molecular weight excluding hydrogens is 172 g/mol. The van der Waals surface area contributed by atoms with Gasteiger partial charge in [0.2, 0.25) is 0 Å². The van der Waals surface area contributed by atoms with E-state index in [-0.39, 0.29) is 12.6 Å². The summed E-state index contributed by atoms with van der Waals surface area (Å²) in [5, 5.41) is 16.0. The van der Waals surface area contributed by atoms with E-state index < -0.39 is 6.10 Å². The summed E-state index contributed by atoms with van der Waals surface area (Å²) in [6.45, 7) is 7.06. The van der Waals surface area contributed by atoms with E-state index in [1.807, 2.05) is 6.92 Å². The van der Waals surface area contributed by atoms with Gasteiger partial charge >= 0.3 is 5.97 Å². The number of ether oxygens (including phenoxy) is 1. The Morgan fingerprint density at radius 2 is 2.15 bits per heavy atom. The van der Waals surface area contributed by atoms with Crippen LogP contribution in [0, 0.1) is 0 Å². The van der Waals surface area contributed by atoms with Crippen LogP contribution in [0.5, 0.6) is 0 Å². The summed E-state index contributed by atoms with van der Waals surface area (Å²) in [5.41, 5.74) is 0. The zero-order chi connectivity index (χ0) is 10.7. The van der Waals surface area contributed by atoms with Crippen molar-refractivity contribution in [1.82, 2.24) is 0 Å². The van der Waals surface area contributed by atoms with E-state index >= 15 is 0 Å². The summed E-state index contributed by atoms with van der Waals surface area (Å²) >= 11 is 0. The van der Waals surface area contributed by atoms with Crippen molar-refractivity contribution in [1.29, 1.82) is 0 Å². The summed E-state index contributed by atoms with van der Waals surface area (Å²) in [7, 11) is 0. The first-order valence-electron chi connectivity index (χ1n) is 4.16. The van der Waals surface area contributed by atoms with E-state index in [4.69, 9.17) is 10.2 Å². The first-order valence-corrected chi connectivity index (χ1v) is 4.16. The van der Waals surface area contributed by atoms with Crippen LogP contribution in [0.2, 0.25) is 0 Å². The molecule has 0 amide bonds. The molecular formula is C9H18O4.